The number of carbonyl (C=O) groups excluding carboxylic acids is 2. The normalized spacial score (nSPS) is 20.9. The van der Waals surface area contributed by atoms with Crippen LogP contribution in [0.4, 0.5) is 0 Å². The van der Waals surface area contributed by atoms with Crippen molar-refractivity contribution in [2.75, 3.05) is 13.1 Å². The Balaban J connectivity index is 1.52. The molecular formula is C24H28ClN3O2. The SMILES string of the molecule is CC(C)C1NC2(CCN(C(=O)c3ccc(Cl)cc3)CC2)N(Cc2ccccc2)C1=O. The number of nitrogens with zero attached hydrogens (tertiary/aromatic N) is 2. The molecule has 1 spiro atoms. The Kier molecular flexibility index (Phi) is 5.85. The average Bonchev–Trinajstić information content (AvgIpc) is 3.01. The number of amides is 2. The average molecular weight is 426 g/mol. The van der Waals surface area contributed by atoms with Gasteiger partial charge in [0.2, 0.25) is 5.91 Å². The van der Waals surface area contributed by atoms with Crippen molar-refractivity contribution in [3.05, 3.63) is 70.7 Å². The highest BCUT2D eigenvalue weighted by molar-refractivity contribution is 6.30. The third-order valence-corrected chi connectivity index (χ3v) is 6.54. The number of halogens is 1. The zero-order valence-electron chi connectivity index (χ0n) is 17.5. The molecule has 0 saturated carbocycles. The van der Waals surface area contributed by atoms with Crippen LogP contribution in [0.5, 0.6) is 0 Å². The van der Waals surface area contributed by atoms with Crippen molar-refractivity contribution < 1.29 is 9.59 Å². The number of benzene rings is 2. The van der Waals surface area contributed by atoms with Crippen molar-refractivity contribution in [1.29, 1.82) is 0 Å². The van der Waals surface area contributed by atoms with Gasteiger partial charge in [-0.2, -0.15) is 0 Å². The molecule has 2 fully saturated rings. The fraction of sp³-hybridized carbons (Fsp3) is 0.417. The molecule has 0 radical (unpaired) electrons. The summed E-state index contributed by atoms with van der Waals surface area (Å²) in [5.41, 5.74) is 1.36. The van der Waals surface area contributed by atoms with Crippen LogP contribution < -0.4 is 5.32 Å². The van der Waals surface area contributed by atoms with E-state index in [0.29, 0.717) is 43.1 Å². The van der Waals surface area contributed by atoms with Crippen molar-refractivity contribution >= 4 is 23.4 Å². The highest BCUT2D eigenvalue weighted by atomic mass is 35.5. The van der Waals surface area contributed by atoms with Crippen molar-refractivity contribution in [3.8, 4) is 0 Å². The topological polar surface area (TPSA) is 52.7 Å². The van der Waals surface area contributed by atoms with Gasteiger partial charge >= 0.3 is 0 Å². The Morgan fingerprint density at radius 3 is 2.33 bits per heavy atom. The first-order valence-electron chi connectivity index (χ1n) is 10.6. The largest absolute Gasteiger partial charge is 0.338 e. The fourth-order valence-electron chi connectivity index (χ4n) is 4.52. The van der Waals surface area contributed by atoms with Crippen molar-refractivity contribution in [3.63, 3.8) is 0 Å². The predicted molar refractivity (Wildman–Crippen MR) is 118 cm³/mol. The molecule has 2 aromatic rings. The first-order chi connectivity index (χ1) is 14.4. The Bertz CT molecular complexity index is 906. The summed E-state index contributed by atoms with van der Waals surface area (Å²) in [5, 5.41) is 4.27. The maximum Gasteiger partial charge on any atom is 0.253 e. The van der Waals surface area contributed by atoms with Gasteiger partial charge in [0.15, 0.2) is 0 Å². The smallest absolute Gasteiger partial charge is 0.253 e. The minimum Gasteiger partial charge on any atom is -0.338 e. The van der Waals surface area contributed by atoms with E-state index >= 15 is 0 Å². The van der Waals surface area contributed by atoms with Gasteiger partial charge in [-0.05, 0) is 35.7 Å². The van der Waals surface area contributed by atoms with Gasteiger partial charge in [0.25, 0.3) is 5.91 Å². The highest BCUT2D eigenvalue weighted by Crippen LogP contribution is 2.35. The summed E-state index contributed by atoms with van der Waals surface area (Å²) < 4.78 is 0. The molecule has 1 N–H and O–H groups in total. The van der Waals surface area contributed by atoms with Gasteiger partial charge < -0.3 is 9.80 Å². The fourth-order valence-corrected chi connectivity index (χ4v) is 4.65. The van der Waals surface area contributed by atoms with Crippen molar-refractivity contribution in [1.82, 2.24) is 15.1 Å². The van der Waals surface area contributed by atoms with Crippen molar-refractivity contribution in [2.24, 2.45) is 5.92 Å². The number of rotatable bonds is 4. The molecule has 1 unspecified atom stereocenters. The number of hydrogen-bond donors (Lipinski definition) is 1. The number of carbonyl (C=O) groups is 2. The van der Waals surface area contributed by atoms with E-state index < -0.39 is 5.66 Å². The Labute approximate surface area is 183 Å². The Morgan fingerprint density at radius 1 is 1.10 bits per heavy atom. The van der Waals surface area contributed by atoms with Gasteiger partial charge in [0, 0.05) is 43.1 Å². The number of hydrogen-bond acceptors (Lipinski definition) is 3. The summed E-state index contributed by atoms with van der Waals surface area (Å²) in [6.07, 6.45) is 1.43. The third-order valence-electron chi connectivity index (χ3n) is 6.29. The van der Waals surface area contributed by atoms with Crippen LogP contribution >= 0.6 is 11.6 Å². The molecule has 5 nitrogen and oxygen atoms in total. The first-order valence-corrected chi connectivity index (χ1v) is 11.0. The minimum atomic E-state index is -0.404. The highest BCUT2D eigenvalue weighted by Gasteiger charge is 2.52. The number of likely N-dealkylation sites (tertiary alicyclic amines) is 1. The molecular weight excluding hydrogens is 398 g/mol. The standard InChI is InChI=1S/C24H28ClN3O2/c1-17(2)21-23(30)28(16-18-6-4-3-5-7-18)24(26-21)12-14-27(15-13-24)22(29)19-8-10-20(25)11-9-19/h3-11,17,21,26H,12-16H2,1-2H3. The zero-order valence-corrected chi connectivity index (χ0v) is 18.2. The molecule has 0 aliphatic carbocycles. The number of nitrogens with one attached hydrogen (secondary N) is 1. The number of piperidine rings is 1. The van der Waals surface area contributed by atoms with Gasteiger partial charge in [0.1, 0.15) is 0 Å². The Hall–Kier alpha value is -2.37. The van der Waals surface area contributed by atoms with Crippen LogP contribution in [0.15, 0.2) is 54.6 Å². The first kappa shape index (κ1) is 20.9. The van der Waals surface area contributed by atoms with E-state index in [2.05, 4.69) is 31.3 Å². The second-order valence-electron chi connectivity index (χ2n) is 8.61. The summed E-state index contributed by atoms with van der Waals surface area (Å²) >= 11 is 5.95. The molecule has 2 aliphatic rings. The van der Waals surface area contributed by atoms with Gasteiger partial charge in [-0.3, -0.25) is 14.9 Å². The molecule has 30 heavy (non-hydrogen) atoms. The zero-order chi connectivity index (χ0) is 21.3. The van der Waals surface area contributed by atoms with Gasteiger partial charge in [-0.15, -0.1) is 0 Å². The van der Waals surface area contributed by atoms with E-state index in [0.717, 1.165) is 5.56 Å². The molecule has 0 bridgehead atoms. The summed E-state index contributed by atoms with van der Waals surface area (Å²) in [5.74, 6) is 0.385. The second kappa shape index (κ2) is 8.40. The maximum absolute atomic E-state index is 13.3. The van der Waals surface area contributed by atoms with Gasteiger partial charge in [-0.1, -0.05) is 55.8 Å². The van der Waals surface area contributed by atoms with Crippen LogP contribution in [0.2, 0.25) is 5.02 Å². The molecule has 0 aromatic heterocycles. The van der Waals surface area contributed by atoms with Crippen LogP contribution in [0.1, 0.15) is 42.6 Å². The Morgan fingerprint density at radius 2 is 1.73 bits per heavy atom. The molecule has 2 amide bonds. The summed E-state index contributed by atoms with van der Waals surface area (Å²) in [6, 6.07) is 16.9. The third kappa shape index (κ3) is 3.96. The van der Waals surface area contributed by atoms with Crippen LogP contribution in [0, 0.1) is 5.92 Å². The molecule has 2 aromatic carbocycles. The molecule has 2 heterocycles. The van der Waals surface area contributed by atoms with Crippen LogP contribution in [-0.2, 0) is 11.3 Å². The van der Waals surface area contributed by atoms with Crippen LogP contribution in [0.3, 0.4) is 0 Å². The summed E-state index contributed by atoms with van der Waals surface area (Å²) in [7, 11) is 0. The van der Waals surface area contributed by atoms with Crippen LogP contribution in [0.25, 0.3) is 0 Å². The van der Waals surface area contributed by atoms with E-state index in [1.54, 1.807) is 24.3 Å². The lowest BCUT2D eigenvalue weighted by Crippen LogP contribution is -2.59. The molecule has 4 rings (SSSR count). The van der Waals surface area contributed by atoms with E-state index in [4.69, 9.17) is 11.6 Å². The second-order valence-corrected chi connectivity index (χ2v) is 9.04. The lowest BCUT2D eigenvalue weighted by atomic mass is 9.94. The molecule has 1 atom stereocenters. The van der Waals surface area contributed by atoms with E-state index in [9.17, 15) is 9.59 Å². The van der Waals surface area contributed by atoms with Crippen LogP contribution in [-0.4, -0.2) is 46.4 Å². The van der Waals surface area contributed by atoms with E-state index in [-0.39, 0.29) is 23.8 Å². The molecule has 6 heteroatoms. The lowest BCUT2D eigenvalue weighted by Gasteiger charge is -2.44. The van der Waals surface area contributed by atoms with Gasteiger partial charge in [0.05, 0.1) is 11.7 Å². The molecule has 2 aliphatic heterocycles. The molecule has 2 saturated heterocycles. The quantitative estimate of drug-likeness (QED) is 0.807. The summed E-state index contributed by atoms with van der Waals surface area (Å²) in [4.78, 5) is 30.1. The minimum absolute atomic E-state index is 0.0147. The predicted octanol–water partition coefficient (Wildman–Crippen LogP) is 3.93. The molecule has 158 valence electrons. The maximum atomic E-state index is 13.3. The van der Waals surface area contributed by atoms with Crippen molar-refractivity contribution in [2.45, 2.75) is 44.9 Å². The van der Waals surface area contributed by atoms with Gasteiger partial charge in [-0.25, -0.2) is 0 Å². The lowest BCUT2D eigenvalue weighted by molar-refractivity contribution is -0.134. The van der Waals surface area contributed by atoms with E-state index in [1.165, 1.54) is 0 Å². The van der Waals surface area contributed by atoms with E-state index in [1.807, 2.05) is 28.0 Å². The monoisotopic (exact) mass is 425 g/mol. The summed E-state index contributed by atoms with van der Waals surface area (Å²) in [6.45, 7) is 5.96.